The van der Waals surface area contributed by atoms with Gasteiger partial charge in [-0.05, 0) is 13.0 Å². The largest absolute Gasteiger partial charge is 0.334 e. The third-order valence-corrected chi connectivity index (χ3v) is 4.12. The zero-order chi connectivity index (χ0) is 11.5. The van der Waals surface area contributed by atoms with Crippen LogP contribution in [0, 0.1) is 0 Å². The number of carbonyl (C=O) groups is 1. The van der Waals surface area contributed by atoms with Crippen LogP contribution >= 0.6 is 23.4 Å². The Balaban J connectivity index is 2.21. The second-order valence-electron chi connectivity index (χ2n) is 3.78. The first kappa shape index (κ1) is 11.7. The lowest BCUT2D eigenvalue weighted by molar-refractivity contribution is 0.0716. The number of rotatable bonds is 1. The number of amides is 1. The second-order valence-corrected chi connectivity index (χ2v) is 5.34. The topological polar surface area (TPSA) is 33.2 Å². The monoisotopic (exact) mass is 256 g/mol. The van der Waals surface area contributed by atoms with Crippen molar-refractivity contribution in [3.8, 4) is 0 Å². The van der Waals surface area contributed by atoms with Crippen LogP contribution in [0.3, 0.4) is 0 Å². The zero-order valence-corrected chi connectivity index (χ0v) is 10.6. The Labute approximate surface area is 104 Å². The summed E-state index contributed by atoms with van der Waals surface area (Å²) in [7, 11) is 0. The van der Waals surface area contributed by atoms with Crippen molar-refractivity contribution in [3.63, 3.8) is 0 Å². The van der Waals surface area contributed by atoms with Crippen molar-refractivity contribution in [2.75, 3.05) is 18.1 Å². The normalized spacial score (nSPS) is 20.9. The summed E-state index contributed by atoms with van der Waals surface area (Å²) in [6.07, 6.45) is 3.11. The van der Waals surface area contributed by atoms with Crippen LogP contribution in [0.5, 0.6) is 0 Å². The van der Waals surface area contributed by atoms with E-state index in [0.29, 0.717) is 10.6 Å². The number of aromatic nitrogens is 1. The molecule has 2 heterocycles. The van der Waals surface area contributed by atoms with Crippen LogP contribution in [0.1, 0.15) is 17.3 Å². The van der Waals surface area contributed by atoms with Crippen LogP contribution in [-0.2, 0) is 0 Å². The van der Waals surface area contributed by atoms with Gasteiger partial charge in [-0.15, -0.1) is 0 Å². The van der Waals surface area contributed by atoms with Gasteiger partial charge in [-0.2, -0.15) is 11.8 Å². The van der Waals surface area contributed by atoms with Crippen molar-refractivity contribution < 1.29 is 4.79 Å². The number of halogens is 1. The molecule has 1 aromatic heterocycles. The predicted molar refractivity (Wildman–Crippen MR) is 67.1 cm³/mol. The van der Waals surface area contributed by atoms with E-state index in [1.807, 2.05) is 16.7 Å². The minimum Gasteiger partial charge on any atom is -0.334 e. The van der Waals surface area contributed by atoms with E-state index in [0.717, 1.165) is 18.1 Å². The van der Waals surface area contributed by atoms with Crippen molar-refractivity contribution in [3.05, 3.63) is 29.0 Å². The molecule has 1 fully saturated rings. The molecule has 0 N–H and O–H groups in total. The van der Waals surface area contributed by atoms with Gasteiger partial charge in [0.25, 0.3) is 5.91 Å². The number of nitrogens with zero attached hydrogens (tertiary/aromatic N) is 2. The molecule has 1 aromatic rings. The fourth-order valence-corrected chi connectivity index (χ4v) is 2.95. The van der Waals surface area contributed by atoms with Gasteiger partial charge >= 0.3 is 0 Å². The Morgan fingerprint density at radius 1 is 1.69 bits per heavy atom. The zero-order valence-electron chi connectivity index (χ0n) is 9.02. The molecule has 0 radical (unpaired) electrons. The van der Waals surface area contributed by atoms with E-state index >= 15 is 0 Å². The highest BCUT2D eigenvalue weighted by Gasteiger charge is 2.25. The Morgan fingerprint density at radius 3 is 3.19 bits per heavy atom. The second kappa shape index (κ2) is 5.06. The SMILES string of the molecule is CC1CSCCN1C(=O)c1ccncc1Cl. The number of thioether (sulfide) groups is 1. The first-order valence-electron chi connectivity index (χ1n) is 5.18. The van der Waals surface area contributed by atoms with Gasteiger partial charge in [0.1, 0.15) is 0 Å². The van der Waals surface area contributed by atoms with Crippen molar-refractivity contribution in [1.29, 1.82) is 0 Å². The van der Waals surface area contributed by atoms with Gasteiger partial charge in [-0.1, -0.05) is 11.6 Å². The summed E-state index contributed by atoms with van der Waals surface area (Å²) < 4.78 is 0. The molecule has 0 aromatic carbocycles. The van der Waals surface area contributed by atoms with Crippen LogP contribution in [0.4, 0.5) is 0 Å². The highest BCUT2D eigenvalue weighted by molar-refractivity contribution is 7.99. The highest BCUT2D eigenvalue weighted by Crippen LogP contribution is 2.21. The maximum atomic E-state index is 12.2. The van der Waals surface area contributed by atoms with E-state index in [1.165, 1.54) is 6.20 Å². The van der Waals surface area contributed by atoms with Gasteiger partial charge in [0.2, 0.25) is 0 Å². The van der Waals surface area contributed by atoms with Gasteiger partial charge in [-0.25, -0.2) is 0 Å². The number of hydrogen-bond donors (Lipinski definition) is 0. The molecule has 3 nitrogen and oxygen atoms in total. The molecule has 5 heteroatoms. The molecule has 1 atom stereocenters. The third kappa shape index (κ3) is 2.33. The molecular formula is C11H13ClN2OS. The van der Waals surface area contributed by atoms with Gasteiger partial charge in [0.05, 0.1) is 10.6 Å². The lowest BCUT2D eigenvalue weighted by Crippen LogP contribution is -2.44. The van der Waals surface area contributed by atoms with E-state index < -0.39 is 0 Å². The summed E-state index contributed by atoms with van der Waals surface area (Å²) in [5.74, 6) is 2.01. The summed E-state index contributed by atoms with van der Waals surface area (Å²) in [4.78, 5) is 18.0. The quantitative estimate of drug-likeness (QED) is 0.773. The summed E-state index contributed by atoms with van der Waals surface area (Å²) in [5.41, 5.74) is 0.551. The average Bonchev–Trinajstić information content (AvgIpc) is 2.29. The molecule has 0 spiro atoms. The fraction of sp³-hybridized carbons (Fsp3) is 0.455. The van der Waals surface area contributed by atoms with Crippen molar-refractivity contribution in [1.82, 2.24) is 9.88 Å². The molecular weight excluding hydrogens is 244 g/mol. The van der Waals surface area contributed by atoms with Crippen molar-refractivity contribution in [2.24, 2.45) is 0 Å². The summed E-state index contributed by atoms with van der Waals surface area (Å²) >= 11 is 7.86. The molecule has 16 heavy (non-hydrogen) atoms. The van der Waals surface area contributed by atoms with E-state index in [9.17, 15) is 4.79 Å². The van der Waals surface area contributed by atoms with Gasteiger partial charge < -0.3 is 4.90 Å². The maximum absolute atomic E-state index is 12.2. The third-order valence-electron chi connectivity index (χ3n) is 2.63. The van der Waals surface area contributed by atoms with E-state index in [1.54, 1.807) is 12.3 Å². The van der Waals surface area contributed by atoms with Crippen molar-refractivity contribution in [2.45, 2.75) is 13.0 Å². The molecule has 1 amide bonds. The predicted octanol–water partition coefficient (Wildman–Crippen LogP) is 2.31. The summed E-state index contributed by atoms with van der Waals surface area (Å²) in [5, 5.41) is 0.429. The Hall–Kier alpha value is -0.740. The number of pyridine rings is 1. The average molecular weight is 257 g/mol. The Bertz CT molecular complexity index is 399. The van der Waals surface area contributed by atoms with E-state index in [-0.39, 0.29) is 11.9 Å². The molecule has 0 aliphatic carbocycles. The van der Waals surface area contributed by atoms with Gasteiger partial charge in [0, 0.05) is 36.5 Å². The fourth-order valence-electron chi connectivity index (χ4n) is 1.73. The molecule has 0 saturated carbocycles. The lowest BCUT2D eigenvalue weighted by atomic mass is 10.2. The van der Waals surface area contributed by atoms with Crippen LogP contribution in [0.25, 0.3) is 0 Å². The highest BCUT2D eigenvalue weighted by atomic mass is 35.5. The van der Waals surface area contributed by atoms with Crippen LogP contribution < -0.4 is 0 Å². The number of carbonyl (C=O) groups excluding carboxylic acids is 1. The molecule has 1 aliphatic heterocycles. The lowest BCUT2D eigenvalue weighted by Gasteiger charge is -2.33. The van der Waals surface area contributed by atoms with Crippen LogP contribution in [0.15, 0.2) is 18.5 Å². The van der Waals surface area contributed by atoms with E-state index in [4.69, 9.17) is 11.6 Å². The summed E-state index contributed by atoms with van der Waals surface area (Å²) in [6, 6.07) is 1.95. The minimum absolute atomic E-state index is 0.0141. The Morgan fingerprint density at radius 2 is 2.50 bits per heavy atom. The van der Waals surface area contributed by atoms with Crippen LogP contribution in [0.2, 0.25) is 5.02 Å². The number of hydrogen-bond acceptors (Lipinski definition) is 3. The molecule has 1 saturated heterocycles. The van der Waals surface area contributed by atoms with Crippen molar-refractivity contribution >= 4 is 29.3 Å². The van der Waals surface area contributed by atoms with E-state index in [2.05, 4.69) is 11.9 Å². The standard InChI is InChI=1S/C11H13ClN2OS/c1-8-7-16-5-4-14(8)11(15)9-2-3-13-6-10(9)12/h2-3,6,8H,4-5,7H2,1H3. The first-order valence-corrected chi connectivity index (χ1v) is 6.71. The molecule has 2 rings (SSSR count). The van der Waals surface area contributed by atoms with Gasteiger partial charge in [0.15, 0.2) is 0 Å². The molecule has 86 valence electrons. The molecule has 0 bridgehead atoms. The minimum atomic E-state index is 0.0141. The van der Waals surface area contributed by atoms with Gasteiger partial charge in [-0.3, -0.25) is 9.78 Å². The molecule has 1 aliphatic rings. The van der Waals surface area contributed by atoms with Crippen LogP contribution in [-0.4, -0.2) is 39.9 Å². The summed E-state index contributed by atoms with van der Waals surface area (Å²) in [6.45, 7) is 2.86. The molecule has 1 unspecified atom stereocenters. The maximum Gasteiger partial charge on any atom is 0.255 e. The first-order chi connectivity index (χ1) is 7.70. The Kier molecular flexibility index (Phi) is 3.71. The smallest absolute Gasteiger partial charge is 0.255 e.